The predicted octanol–water partition coefficient (Wildman–Crippen LogP) is 2.82. The Morgan fingerprint density at radius 2 is 1.88 bits per heavy atom. The van der Waals surface area contributed by atoms with Gasteiger partial charge in [-0.15, -0.1) is 0 Å². The maximum atomic E-state index is 12.8. The molecule has 4 atom stereocenters. The van der Waals surface area contributed by atoms with Gasteiger partial charge in [-0.1, -0.05) is 62.4 Å². The summed E-state index contributed by atoms with van der Waals surface area (Å²) in [6.07, 6.45) is -0.599. The fourth-order valence-electron chi connectivity index (χ4n) is 5.00. The van der Waals surface area contributed by atoms with E-state index in [1.165, 1.54) is 6.33 Å². The normalized spacial score (nSPS) is 23.2. The molecule has 0 saturated carbocycles. The molecule has 2 aliphatic rings. The van der Waals surface area contributed by atoms with E-state index in [0.29, 0.717) is 5.56 Å². The molecule has 2 aromatic carbocycles. The quantitative estimate of drug-likeness (QED) is 0.296. The van der Waals surface area contributed by atoms with Crippen LogP contribution in [-0.4, -0.2) is 62.4 Å². The van der Waals surface area contributed by atoms with Gasteiger partial charge in [0.15, 0.2) is 23.0 Å². The van der Waals surface area contributed by atoms with Gasteiger partial charge in [0.25, 0.3) is 5.56 Å². The van der Waals surface area contributed by atoms with Crippen LogP contribution in [0.25, 0.3) is 11.2 Å². The van der Waals surface area contributed by atoms with Crippen LogP contribution < -0.4 is 10.9 Å². The number of amides is 1. The number of fused-ring (bicyclic) bond motifs is 3. The molecule has 2 aliphatic heterocycles. The summed E-state index contributed by atoms with van der Waals surface area (Å²) in [5.74, 6) is -1.12. The number of esters is 1. The van der Waals surface area contributed by atoms with Crippen molar-refractivity contribution in [2.45, 2.75) is 44.5 Å². The summed E-state index contributed by atoms with van der Waals surface area (Å²) in [6, 6.07) is 18.3. The lowest BCUT2D eigenvalue weighted by atomic mass is 10.00. The molecule has 2 N–H and O–H groups in total. The Hall–Kier alpha value is -4.39. The maximum Gasteiger partial charge on any atom is 0.338 e. The average Bonchev–Trinajstić information content (AvgIpc) is 3.65. The number of H-pyrrole nitrogens is 1. The van der Waals surface area contributed by atoms with Crippen LogP contribution >= 0.6 is 0 Å². The summed E-state index contributed by atoms with van der Waals surface area (Å²) in [4.78, 5) is 49.0. The van der Waals surface area contributed by atoms with Gasteiger partial charge in [-0.3, -0.25) is 24.5 Å². The topological polar surface area (TPSA) is 147 Å². The van der Waals surface area contributed by atoms with E-state index >= 15 is 0 Å². The first-order chi connectivity index (χ1) is 19.8. The molecule has 0 unspecified atom stereocenters. The zero-order valence-electron chi connectivity index (χ0n) is 22.5. The Morgan fingerprint density at radius 3 is 2.61 bits per heavy atom. The van der Waals surface area contributed by atoms with Crippen molar-refractivity contribution in [3.8, 4) is 0 Å². The zero-order valence-corrected chi connectivity index (χ0v) is 22.5. The summed E-state index contributed by atoms with van der Waals surface area (Å²) < 4.78 is 26.4. The molecule has 1 amide bonds. The minimum absolute atomic E-state index is 0.00425. The van der Waals surface area contributed by atoms with Gasteiger partial charge < -0.3 is 18.9 Å². The third kappa shape index (κ3) is 5.12. The molecule has 2 saturated heterocycles. The number of carbonyl (C=O) groups is 2. The minimum atomic E-state index is -1.12. The Labute approximate surface area is 234 Å². The summed E-state index contributed by atoms with van der Waals surface area (Å²) in [7, 11) is 0. The molecule has 12 nitrogen and oxygen atoms in total. The van der Waals surface area contributed by atoms with Gasteiger partial charge in [0, 0.05) is 5.92 Å². The number of rotatable bonds is 9. The number of nitrogens with zero attached hydrogens (tertiary/aromatic N) is 3. The monoisotopic (exact) mass is 559 g/mol. The van der Waals surface area contributed by atoms with E-state index in [-0.39, 0.29) is 48.8 Å². The van der Waals surface area contributed by atoms with E-state index in [1.807, 2.05) is 36.4 Å². The molecule has 6 rings (SSSR count). The third-order valence-electron chi connectivity index (χ3n) is 7.18. The summed E-state index contributed by atoms with van der Waals surface area (Å²) in [6.45, 7) is 3.76. The Bertz CT molecular complexity index is 1620. The molecule has 2 bridgehead atoms. The molecule has 4 aromatic rings. The molecule has 0 radical (unpaired) electrons. The van der Waals surface area contributed by atoms with Crippen molar-refractivity contribution >= 4 is 29.0 Å². The number of hydrogen-bond acceptors (Lipinski definition) is 9. The van der Waals surface area contributed by atoms with Gasteiger partial charge in [0.1, 0.15) is 18.8 Å². The SMILES string of the molecule is CC(C)C(=O)Nc1nc2c(ncn2[C@@H]2O[C@]3(COC(=O)c4ccccc4)CO[C@@H]2[C@@H]3OCc2ccccc2)c(=O)[nH]1. The van der Waals surface area contributed by atoms with Crippen LogP contribution in [0.2, 0.25) is 0 Å². The second-order valence-corrected chi connectivity index (χ2v) is 10.4. The lowest BCUT2D eigenvalue weighted by Crippen LogP contribution is -2.46. The lowest BCUT2D eigenvalue weighted by Gasteiger charge is -2.31. The Balaban J connectivity index is 1.31. The first-order valence-electron chi connectivity index (χ1n) is 13.3. The van der Waals surface area contributed by atoms with Crippen molar-refractivity contribution in [2.75, 3.05) is 18.5 Å². The van der Waals surface area contributed by atoms with Crippen LogP contribution in [0.15, 0.2) is 71.8 Å². The minimum Gasteiger partial charge on any atom is -0.459 e. The molecule has 4 heterocycles. The number of anilines is 1. The highest BCUT2D eigenvalue weighted by Crippen LogP contribution is 2.47. The molecule has 0 aliphatic carbocycles. The van der Waals surface area contributed by atoms with Gasteiger partial charge in [-0.2, -0.15) is 4.98 Å². The molecule has 2 aromatic heterocycles. The molecule has 41 heavy (non-hydrogen) atoms. The molecule has 0 spiro atoms. The van der Waals surface area contributed by atoms with Crippen molar-refractivity contribution in [1.82, 2.24) is 19.5 Å². The number of benzene rings is 2. The van der Waals surface area contributed by atoms with E-state index < -0.39 is 35.6 Å². The number of carbonyl (C=O) groups excluding carboxylic acids is 2. The summed E-state index contributed by atoms with van der Waals surface area (Å²) >= 11 is 0. The Morgan fingerprint density at radius 1 is 1.15 bits per heavy atom. The number of aromatic nitrogens is 4. The highest BCUT2D eigenvalue weighted by Gasteiger charge is 2.64. The largest absolute Gasteiger partial charge is 0.459 e. The third-order valence-corrected chi connectivity index (χ3v) is 7.18. The molecule has 212 valence electrons. The lowest BCUT2D eigenvalue weighted by molar-refractivity contribution is -0.187. The predicted molar refractivity (Wildman–Crippen MR) is 146 cm³/mol. The smallest absolute Gasteiger partial charge is 0.338 e. The number of ether oxygens (including phenoxy) is 4. The van der Waals surface area contributed by atoms with Crippen molar-refractivity contribution in [3.63, 3.8) is 0 Å². The van der Waals surface area contributed by atoms with Crippen LogP contribution in [0.1, 0.15) is 36.0 Å². The fourth-order valence-corrected chi connectivity index (χ4v) is 5.00. The summed E-state index contributed by atoms with van der Waals surface area (Å²) in [5, 5.41) is 2.62. The standard InChI is InChI=1S/C29H29N5O7/c1-17(2)24(35)32-28-31-23-20(25(36)33-28)30-16-34(23)26-21-22(38-13-18-9-5-3-6-10-18)29(41-26,14-39-21)15-40-27(37)19-11-7-4-8-12-19/h3-12,16-17,21-22,26H,13-15H2,1-2H3,(H2,31,32,33,35,36)/t21-,22+,26-,29+/m1/s1. The van der Waals surface area contributed by atoms with E-state index in [0.717, 1.165) is 5.56 Å². The highest BCUT2D eigenvalue weighted by molar-refractivity contribution is 5.91. The zero-order chi connectivity index (χ0) is 28.6. The summed E-state index contributed by atoms with van der Waals surface area (Å²) in [5.41, 5.74) is 0.00747. The van der Waals surface area contributed by atoms with Crippen LogP contribution in [-0.2, 0) is 30.3 Å². The average molecular weight is 560 g/mol. The first kappa shape index (κ1) is 26.8. The van der Waals surface area contributed by atoms with Crippen LogP contribution in [0.4, 0.5) is 5.95 Å². The van der Waals surface area contributed by atoms with Crippen molar-refractivity contribution in [3.05, 3.63) is 88.5 Å². The molecular weight excluding hydrogens is 530 g/mol. The van der Waals surface area contributed by atoms with Gasteiger partial charge in [0.2, 0.25) is 11.9 Å². The Kier molecular flexibility index (Phi) is 7.12. The molecule has 12 heteroatoms. The maximum absolute atomic E-state index is 12.8. The number of nitrogens with one attached hydrogen (secondary N) is 2. The van der Waals surface area contributed by atoms with Crippen LogP contribution in [0, 0.1) is 5.92 Å². The van der Waals surface area contributed by atoms with Crippen LogP contribution in [0.5, 0.6) is 0 Å². The highest BCUT2D eigenvalue weighted by atomic mass is 16.7. The van der Waals surface area contributed by atoms with Crippen molar-refractivity contribution in [2.24, 2.45) is 5.92 Å². The van der Waals surface area contributed by atoms with Crippen LogP contribution in [0.3, 0.4) is 0 Å². The van der Waals surface area contributed by atoms with Gasteiger partial charge in [-0.05, 0) is 17.7 Å². The van der Waals surface area contributed by atoms with Crippen molar-refractivity contribution < 1.29 is 28.5 Å². The molecular formula is C29H29N5O7. The fraction of sp³-hybridized carbons (Fsp3) is 0.345. The van der Waals surface area contributed by atoms with E-state index in [1.54, 1.807) is 42.7 Å². The van der Waals surface area contributed by atoms with Crippen molar-refractivity contribution in [1.29, 1.82) is 0 Å². The van der Waals surface area contributed by atoms with E-state index in [2.05, 4.69) is 20.3 Å². The first-order valence-corrected chi connectivity index (χ1v) is 13.3. The number of hydrogen-bond donors (Lipinski definition) is 2. The van der Waals surface area contributed by atoms with Gasteiger partial charge in [0.05, 0.1) is 25.1 Å². The van der Waals surface area contributed by atoms with E-state index in [9.17, 15) is 14.4 Å². The van der Waals surface area contributed by atoms with E-state index in [4.69, 9.17) is 18.9 Å². The molecule has 2 fully saturated rings. The van der Waals surface area contributed by atoms with Gasteiger partial charge >= 0.3 is 5.97 Å². The number of aromatic amines is 1. The number of imidazole rings is 1. The van der Waals surface area contributed by atoms with Gasteiger partial charge in [-0.25, -0.2) is 9.78 Å². The second kappa shape index (κ2) is 10.9. The second-order valence-electron chi connectivity index (χ2n) is 10.4.